The summed E-state index contributed by atoms with van der Waals surface area (Å²) in [5.74, 6) is -0.322. The zero-order valence-corrected chi connectivity index (χ0v) is 6.58. The molecule has 3 rings (SSSR count). The summed E-state index contributed by atoms with van der Waals surface area (Å²) < 4.78 is 0. The Balaban J connectivity index is 2.49. The molecule has 0 spiro atoms. The Kier molecular flexibility index (Phi) is 1.47. The molecule has 0 aliphatic heterocycles. The molecular formula is C10H9NO. The summed E-state index contributed by atoms with van der Waals surface area (Å²) in [6, 6.07) is 8.01. The van der Waals surface area contributed by atoms with Gasteiger partial charge in [-0.15, -0.1) is 0 Å². The van der Waals surface area contributed by atoms with Crippen molar-refractivity contribution in [3.05, 3.63) is 41.0 Å². The summed E-state index contributed by atoms with van der Waals surface area (Å²) in [5.41, 5.74) is 8.08. The molecule has 0 fully saturated rings. The number of rotatable bonds is 1. The van der Waals surface area contributed by atoms with E-state index in [1.807, 2.05) is 30.3 Å². The zero-order chi connectivity index (χ0) is 8.55. The van der Waals surface area contributed by atoms with Crippen molar-refractivity contribution in [2.24, 2.45) is 5.73 Å². The van der Waals surface area contributed by atoms with Gasteiger partial charge < -0.3 is 5.73 Å². The maximum Gasteiger partial charge on any atom is 0.244 e. The molecule has 2 aliphatic rings. The van der Waals surface area contributed by atoms with Crippen LogP contribution in [0.4, 0.5) is 0 Å². The van der Waals surface area contributed by atoms with Crippen molar-refractivity contribution in [3.63, 3.8) is 0 Å². The van der Waals surface area contributed by atoms with Crippen LogP contribution in [0.1, 0.15) is 11.1 Å². The Morgan fingerprint density at radius 3 is 2.50 bits per heavy atom. The van der Waals surface area contributed by atoms with Gasteiger partial charge in [0.1, 0.15) is 0 Å². The van der Waals surface area contributed by atoms with Crippen molar-refractivity contribution >= 4 is 12.0 Å². The molecule has 2 heteroatoms. The van der Waals surface area contributed by atoms with E-state index in [-0.39, 0.29) is 5.91 Å². The minimum Gasteiger partial charge on any atom is -0.366 e. The Bertz CT molecular complexity index is 349. The fourth-order valence-electron chi connectivity index (χ4n) is 1.36. The van der Waals surface area contributed by atoms with E-state index >= 15 is 0 Å². The summed E-state index contributed by atoms with van der Waals surface area (Å²) in [7, 11) is 0. The van der Waals surface area contributed by atoms with E-state index in [4.69, 9.17) is 5.73 Å². The van der Waals surface area contributed by atoms with Crippen LogP contribution in [0, 0.1) is 0 Å². The normalized spacial score (nSPS) is 13.8. The first-order valence-corrected chi connectivity index (χ1v) is 3.85. The first-order valence-electron chi connectivity index (χ1n) is 3.85. The molecule has 1 aromatic rings. The van der Waals surface area contributed by atoms with E-state index in [1.54, 1.807) is 0 Å². The smallest absolute Gasteiger partial charge is 0.244 e. The standard InChI is InChI=1S/C10H9NO/c11-10(12)9-5-7-1-2-8(6-9)4-3-7/h1-5H,6H2,(H2,11,12). The van der Waals surface area contributed by atoms with Crippen molar-refractivity contribution in [2.75, 3.05) is 0 Å². The number of hydrogen-bond donors (Lipinski definition) is 1. The van der Waals surface area contributed by atoms with Crippen LogP contribution < -0.4 is 5.73 Å². The van der Waals surface area contributed by atoms with Crippen LogP contribution >= 0.6 is 0 Å². The quantitative estimate of drug-likeness (QED) is 0.655. The number of nitrogens with two attached hydrogens (primary N) is 1. The fraction of sp³-hybridized carbons (Fsp3) is 0.100. The van der Waals surface area contributed by atoms with Crippen LogP contribution in [-0.2, 0) is 11.2 Å². The van der Waals surface area contributed by atoms with Crippen LogP contribution in [-0.4, -0.2) is 5.91 Å². The fourth-order valence-corrected chi connectivity index (χ4v) is 1.36. The SMILES string of the molecule is NC(=O)C1=Cc2ccc(cc2)C1. The van der Waals surface area contributed by atoms with E-state index in [9.17, 15) is 4.79 Å². The lowest BCUT2D eigenvalue weighted by atomic mass is 10.1. The third kappa shape index (κ3) is 1.11. The average molecular weight is 159 g/mol. The molecule has 2 nitrogen and oxygen atoms in total. The highest BCUT2D eigenvalue weighted by atomic mass is 16.1. The molecule has 0 saturated heterocycles. The van der Waals surface area contributed by atoms with E-state index in [0.29, 0.717) is 12.0 Å². The lowest BCUT2D eigenvalue weighted by molar-refractivity contribution is -0.114. The minimum absolute atomic E-state index is 0.322. The van der Waals surface area contributed by atoms with Crippen molar-refractivity contribution in [2.45, 2.75) is 6.42 Å². The molecule has 60 valence electrons. The van der Waals surface area contributed by atoms with Gasteiger partial charge in [-0.1, -0.05) is 24.3 Å². The van der Waals surface area contributed by atoms with Crippen LogP contribution in [0.15, 0.2) is 29.8 Å². The van der Waals surface area contributed by atoms with Crippen LogP contribution in [0.5, 0.6) is 0 Å². The van der Waals surface area contributed by atoms with Gasteiger partial charge in [-0.25, -0.2) is 0 Å². The molecule has 2 bridgehead atoms. The van der Waals surface area contributed by atoms with E-state index in [2.05, 4.69) is 0 Å². The lowest BCUT2D eigenvalue weighted by Gasteiger charge is -1.97. The third-order valence-corrected chi connectivity index (χ3v) is 2.03. The van der Waals surface area contributed by atoms with Gasteiger partial charge in [-0.05, 0) is 17.2 Å². The average Bonchev–Trinajstić information content (AvgIpc) is 2.36. The number of carbonyl (C=O) groups is 1. The largest absolute Gasteiger partial charge is 0.366 e. The van der Waals surface area contributed by atoms with E-state index in [0.717, 1.165) is 11.1 Å². The molecule has 2 aliphatic carbocycles. The first kappa shape index (κ1) is 7.10. The highest BCUT2D eigenvalue weighted by Gasteiger charge is 2.09. The molecule has 0 heterocycles. The van der Waals surface area contributed by atoms with Crippen molar-refractivity contribution in [1.29, 1.82) is 0 Å². The summed E-state index contributed by atoms with van der Waals surface area (Å²) in [4.78, 5) is 10.9. The molecule has 2 N–H and O–H groups in total. The molecule has 0 atom stereocenters. The third-order valence-electron chi connectivity index (χ3n) is 2.03. The van der Waals surface area contributed by atoms with Gasteiger partial charge in [0.05, 0.1) is 0 Å². The maximum absolute atomic E-state index is 10.9. The van der Waals surface area contributed by atoms with Gasteiger partial charge in [0, 0.05) is 12.0 Å². The van der Waals surface area contributed by atoms with Gasteiger partial charge >= 0.3 is 0 Å². The summed E-state index contributed by atoms with van der Waals surface area (Å²) in [5, 5.41) is 0. The van der Waals surface area contributed by atoms with Crippen LogP contribution in [0.2, 0.25) is 0 Å². The van der Waals surface area contributed by atoms with Crippen molar-refractivity contribution < 1.29 is 4.79 Å². The predicted molar refractivity (Wildman–Crippen MR) is 47.3 cm³/mol. The number of primary amides is 1. The number of benzene rings is 1. The monoisotopic (exact) mass is 159 g/mol. The lowest BCUT2D eigenvalue weighted by Crippen LogP contribution is -2.14. The second-order valence-electron chi connectivity index (χ2n) is 2.95. The Labute approximate surface area is 70.7 Å². The van der Waals surface area contributed by atoms with Crippen LogP contribution in [0.25, 0.3) is 6.08 Å². The van der Waals surface area contributed by atoms with Gasteiger partial charge in [-0.2, -0.15) is 0 Å². The number of hydrogen-bond acceptors (Lipinski definition) is 1. The molecule has 0 unspecified atom stereocenters. The molecular weight excluding hydrogens is 150 g/mol. The van der Waals surface area contributed by atoms with Crippen molar-refractivity contribution in [3.8, 4) is 0 Å². The number of amides is 1. The Morgan fingerprint density at radius 1 is 1.25 bits per heavy atom. The second-order valence-corrected chi connectivity index (χ2v) is 2.95. The minimum atomic E-state index is -0.322. The molecule has 1 amide bonds. The number of carbonyl (C=O) groups excluding carboxylic acids is 1. The molecule has 0 radical (unpaired) electrons. The summed E-state index contributed by atoms with van der Waals surface area (Å²) >= 11 is 0. The van der Waals surface area contributed by atoms with Crippen molar-refractivity contribution in [1.82, 2.24) is 0 Å². The Morgan fingerprint density at radius 2 is 1.92 bits per heavy atom. The maximum atomic E-state index is 10.9. The topological polar surface area (TPSA) is 43.1 Å². The zero-order valence-electron chi connectivity index (χ0n) is 6.58. The Hall–Kier alpha value is -1.57. The molecule has 0 aromatic heterocycles. The highest BCUT2D eigenvalue weighted by molar-refractivity contribution is 5.97. The van der Waals surface area contributed by atoms with Crippen LogP contribution in [0.3, 0.4) is 0 Å². The van der Waals surface area contributed by atoms with Gasteiger partial charge in [0.2, 0.25) is 5.91 Å². The molecule has 0 saturated carbocycles. The highest BCUT2D eigenvalue weighted by Crippen LogP contribution is 2.18. The predicted octanol–water partition coefficient (Wildman–Crippen LogP) is 1.11. The summed E-state index contributed by atoms with van der Waals surface area (Å²) in [6.45, 7) is 0. The second kappa shape index (κ2) is 2.48. The van der Waals surface area contributed by atoms with Gasteiger partial charge in [-0.3, -0.25) is 4.79 Å². The van der Waals surface area contributed by atoms with E-state index < -0.39 is 0 Å². The van der Waals surface area contributed by atoms with Gasteiger partial charge in [0.15, 0.2) is 0 Å². The molecule has 12 heavy (non-hydrogen) atoms. The number of fused-ring (bicyclic) bond motifs is 3. The summed E-state index contributed by atoms with van der Waals surface area (Å²) in [6.07, 6.45) is 2.50. The molecule has 1 aromatic carbocycles. The van der Waals surface area contributed by atoms with Gasteiger partial charge in [0.25, 0.3) is 0 Å². The first-order chi connectivity index (χ1) is 5.75. The van der Waals surface area contributed by atoms with E-state index in [1.165, 1.54) is 0 Å².